The normalized spacial score (nSPS) is 16.9. The number of benzene rings is 2. The Bertz CT molecular complexity index is 1270. The van der Waals surface area contributed by atoms with Crippen molar-refractivity contribution in [2.75, 3.05) is 18.5 Å². The Hall–Kier alpha value is -3.07. The zero-order valence-electron chi connectivity index (χ0n) is 19.3. The highest BCUT2D eigenvalue weighted by molar-refractivity contribution is 14.1. The monoisotopic (exact) mass is 639 g/mol. The number of aliphatic hydroxyl groups excluding tert-OH is 2. The van der Waals surface area contributed by atoms with Crippen molar-refractivity contribution in [3.8, 4) is 5.75 Å². The van der Waals surface area contributed by atoms with E-state index in [4.69, 9.17) is 9.84 Å². The van der Waals surface area contributed by atoms with E-state index >= 15 is 0 Å². The molecule has 1 aliphatic rings. The van der Waals surface area contributed by atoms with Crippen molar-refractivity contribution in [3.05, 3.63) is 79.8 Å². The van der Waals surface area contributed by atoms with E-state index in [-0.39, 0.29) is 18.7 Å². The minimum absolute atomic E-state index is 0.0490. The van der Waals surface area contributed by atoms with E-state index < -0.39 is 48.5 Å². The molecule has 1 aliphatic heterocycles. The van der Waals surface area contributed by atoms with Gasteiger partial charge < -0.3 is 25.6 Å². The highest BCUT2D eigenvalue weighted by Gasteiger charge is 2.45. The molecule has 2 aromatic carbocycles. The van der Waals surface area contributed by atoms with Crippen molar-refractivity contribution in [2.24, 2.45) is 0 Å². The summed E-state index contributed by atoms with van der Waals surface area (Å²) in [6.45, 7) is -0.545. The first-order chi connectivity index (χ1) is 17.8. The lowest BCUT2D eigenvalue weighted by atomic mass is 10.1. The molecule has 3 atom stereocenters. The Morgan fingerprint density at radius 1 is 1.22 bits per heavy atom. The molecule has 194 valence electrons. The zero-order chi connectivity index (χ0) is 26.5. The molecular weight excluding hydrogens is 616 g/mol. The largest absolute Gasteiger partial charge is 0.491 e. The molecule has 0 aliphatic carbocycles. The van der Waals surface area contributed by atoms with Gasteiger partial charge in [0.2, 0.25) is 5.91 Å². The Labute approximate surface area is 229 Å². The summed E-state index contributed by atoms with van der Waals surface area (Å²) in [5, 5.41) is 25.3. The van der Waals surface area contributed by atoms with Crippen molar-refractivity contribution in [2.45, 2.75) is 24.6 Å². The molecule has 2 heterocycles. The fraction of sp³-hybridized carbons (Fsp3) is 0.240. The van der Waals surface area contributed by atoms with Crippen LogP contribution in [0.1, 0.15) is 16.5 Å². The van der Waals surface area contributed by atoms with Crippen LogP contribution in [0.3, 0.4) is 0 Å². The summed E-state index contributed by atoms with van der Waals surface area (Å²) in [5.74, 6) is -1.53. The number of urea groups is 1. The van der Waals surface area contributed by atoms with Crippen molar-refractivity contribution in [1.82, 2.24) is 10.2 Å². The first kappa shape index (κ1) is 27.0. The summed E-state index contributed by atoms with van der Waals surface area (Å²) in [6.07, 6.45) is -0.954. The molecule has 9 nitrogen and oxygen atoms in total. The van der Waals surface area contributed by atoms with Crippen LogP contribution in [0.5, 0.6) is 5.75 Å². The molecule has 4 rings (SSSR count). The Morgan fingerprint density at radius 3 is 2.62 bits per heavy atom. The number of imide groups is 1. The van der Waals surface area contributed by atoms with Crippen LogP contribution in [0.25, 0.3) is 0 Å². The average Bonchev–Trinajstić information content (AvgIpc) is 3.50. The highest BCUT2D eigenvalue weighted by atomic mass is 127. The van der Waals surface area contributed by atoms with Gasteiger partial charge in [0.25, 0.3) is 5.91 Å². The van der Waals surface area contributed by atoms with Gasteiger partial charge in [0, 0.05) is 14.9 Å². The van der Waals surface area contributed by atoms with Crippen LogP contribution in [0.2, 0.25) is 0 Å². The molecule has 4 N–H and O–H groups in total. The van der Waals surface area contributed by atoms with Gasteiger partial charge in [-0.15, -0.1) is 11.3 Å². The lowest BCUT2D eigenvalue weighted by molar-refractivity contribution is -0.134. The van der Waals surface area contributed by atoms with Gasteiger partial charge in [0.1, 0.15) is 36.4 Å². The number of carbonyl (C=O) groups excluding carboxylic acids is 3. The summed E-state index contributed by atoms with van der Waals surface area (Å²) < 4.78 is 20.4. The Balaban J connectivity index is 1.54. The number of nitrogens with one attached hydrogen (secondary N) is 2. The van der Waals surface area contributed by atoms with E-state index in [9.17, 15) is 23.9 Å². The summed E-state index contributed by atoms with van der Waals surface area (Å²) in [5.41, 5.74) is 0.418. The van der Waals surface area contributed by atoms with Gasteiger partial charge >= 0.3 is 6.03 Å². The number of rotatable bonds is 10. The third-order valence-electron chi connectivity index (χ3n) is 5.62. The summed E-state index contributed by atoms with van der Waals surface area (Å²) in [7, 11) is 0. The number of anilines is 1. The standard InChI is InChI=1S/C25H23FIN3O6S/c26-19-10-15(27)5-8-20(19)28-23(33)21(11-18-2-1-9-37-18)30-24(34)22(29-25(30)35)14-3-6-17(7-4-14)36-13-16(32)12-31/h1-10,16,21-22,31-32H,11-13H2,(H,28,33)(H,29,35)/t16-,21-,22+/m0/s1. The molecule has 12 heteroatoms. The number of ether oxygens (including phenoxy) is 1. The van der Waals surface area contributed by atoms with Gasteiger partial charge in [-0.05, 0) is 69.9 Å². The molecular formula is C25H23FIN3O6S. The van der Waals surface area contributed by atoms with Gasteiger partial charge in [0.15, 0.2) is 0 Å². The highest BCUT2D eigenvalue weighted by Crippen LogP contribution is 2.28. The van der Waals surface area contributed by atoms with Crippen LogP contribution in [-0.2, 0) is 16.0 Å². The van der Waals surface area contributed by atoms with E-state index in [1.54, 1.807) is 42.5 Å². The summed E-state index contributed by atoms with van der Waals surface area (Å²) >= 11 is 3.33. The van der Waals surface area contributed by atoms with Gasteiger partial charge in [-0.2, -0.15) is 0 Å². The number of thiophene rings is 1. The maximum Gasteiger partial charge on any atom is 0.325 e. The third kappa shape index (κ3) is 6.44. The maximum absolute atomic E-state index is 14.4. The van der Waals surface area contributed by atoms with Crippen molar-refractivity contribution < 1.29 is 33.7 Å². The van der Waals surface area contributed by atoms with Gasteiger partial charge in [-0.3, -0.25) is 9.59 Å². The Kier molecular flexibility index (Phi) is 8.74. The number of hydrogen-bond acceptors (Lipinski definition) is 7. The minimum atomic E-state index is -1.21. The lowest BCUT2D eigenvalue weighted by Crippen LogP contribution is -2.49. The van der Waals surface area contributed by atoms with E-state index in [0.29, 0.717) is 14.9 Å². The number of carbonyl (C=O) groups is 3. The van der Waals surface area contributed by atoms with Crippen LogP contribution in [0.4, 0.5) is 14.9 Å². The van der Waals surface area contributed by atoms with Crippen LogP contribution < -0.4 is 15.4 Å². The van der Waals surface area contributed by atoms with E-state index in [1.165, 1.54) is 23.5 Å². The second-order valence-electron chi connectivity index (χ2n) is 8.22. The van der Waals surface area contributed by atoms with Gasteiger partial charge in [-0.25, -0.2) is 14.1 Å². The number of halogens is 2. The topological polar surface area (TPSA) is 128 Å². The lowest BCUT2D eigenvalue weighted by Gasteiger charge is -2.24. The summed E-state index contributed by atoms with van der Waals surface area (Å²) in [6, 6.07) is 11.2. The van der Waals surface area contributed by atoms with E-state index in [2.05, 4.69) is 10.6 Å². The number of aliphatic hydroxyl groups is 2. The molecule has 1 aromatic heterocycles. The molecule has 37 heavy (non-hydrogen) atoms. The number of amides is 4. The number of hydrogen-bond donors (Lipinski definition) is 4. The van der Waals surface area contributed by atoms with Crippen molar-refractivity contribution in [1.29, 1.82) is 0 Å². The average molecular weight is 639 g/mol. The van der Waals surface area contributed by atoms with Crippen LogP contribution in [-0.4, -0.2) is 58.3 Å². The zero-order valence-corrected chi connectivity index (χ0v) is 22.2. The predicted octanol–water partition coefficient (Wildman–Crippen LogP) is 3.07. The fourth-order valence-electron chi connectivity index (χ4n) is 3.74. The molecule has 4 amide bonds. The third-order valence-corrected chi connectivity index (χ3v) is 7.19. The first-order valence-corrected chi connectivity index (χ1v) is 13.2. The van der Waals surface area contributed by atoms with Crippen molar-refractivity contribution in [3.63, 3.8) is 0 Å². The predicted molar refractivity (Wildman–Crippen MR) is 143 cm³/mol. The fourth-order valence-corrected chi connectivity index (χ4v) is 4.94. The van der Waals surface area contributed by atoms with Crippen molar-refractivity contribution >= 4 is 57.5 Å². The second-order valence-corrected chi connectivity index (χ2v) is 10.5. The Morgan fingerprint density at radius 2 is 1.97 bits per heavy atom. The van der Waals surface area contributed by atoms with Crippen LogP contribution in [0, 0.1) is 9.39 Å². The smallest absolute Gasteiger partial charge is 0.325 e. The van der Waals surface area contributed by atoms with Crippen LogP contribution in [0.15, 0.2) is 60.0 Å². The SMILES string of the molecule is O=C(Nc1ccc(I)cc1F)[C@H](Cc1cccs1)N1C(=O)N[C@H](c2ccc(OC[C@@H](O)CO)cc2)C1=O. The molecule has 0 unspecified atom stereocenters. The molecule has 0 bridgehead atoms. The molecule has 0 spiro atoms. The van der Waals surface area contributed by atoms with Gasteiger partial charge in [0.05, 0.1) is 12.3 Å². The van der Waals surface area contributed by atoms with Crippen LogP contribution >= 0.6 is 33.9 Å². The molecule has 3 aromatic rings. The molecule has 0 radical (unpaired) electrons. The van der Waals surface area contributed by atoms with Gasteiger partial charge in [-0.1, -0.05) is 18.2 Å². The first-order valence-electron chi connectivity index (χ1n) is 11.2. The number of nitrogens with zero attached hydrogens (tertiary/aromatic N) is 1. The molecule has 0 saturated carbocycles. The quantitative estimate of drug-likeness (QED) is 0.200. The molecule has 1 fully saturated rings. The van der Waals surface area contributed by atoms with E-state index in [1.807, 2.05) is 28.0 Å². The maximum atomic E-state index is 14.4. The minimum Gasteiger partial charge on any atom is -0.491 e. The molecule has 1 saturated heterocycles. The summed E-state index contributed by atoms with van der Waals surface area (Å²) in [4.78, 5) is 41.3. The van der Waals surface area contributed by atoms with E-state index in [0.717, 1.165) is 9.78 Å². The second kappa shape index (κ2) is 12.0.